The zero-order valence-electron chi connectivity index (χ0n) is 10.7. The van der Waals surface area contributed by atoms with Gasteiger partial charge in [-0.25, -0.2) is 14.6 Å². The minimum absolute atomic E-state index is 0.594. The van der Waals surface area contributed by atoms with Gasteiger partial charge in [0.25, 0.3) is 0 Å². The molecular weight excluding hydrogens is 250 g/mol. The van der Waals surface area contributed by atoms with Gasteiger partial charge in [0.2, 0.25) is 0 Å². The fourth-order valence-corrected chi connectivity index (χ4v) is 1.82. The molecule has 0 radical (unpaired) electrons. The van der Waals surface area contributed by atoms with Crippen LogP contribution in [-0.4, -0.2) is 26.3 Å². The molecule has 0 bridgehead atoms. The van der Waals surface area contributed by atoms with E-state index < -0.39 is 0 Å². The van der Waals surface area contributed by atoms with E-state index in [4.69, 9.17) is 11.6 Å². The summed E-state index contributed by atoms with van der Waals surface area (Å²) >= 11 is 5.89. The van der Waals surface area contributed by atoms with Crippen LogP contribution in [0.4, 0.5) is 5.82 Å². The highest BCUT2D eigenvalue weighted by Gasteiger charge is 2.12. The molecule has 0 atom stereocenters. The average Bonchev–Trinajstić information content (AvgIpc) is 2.78. The van der Waals surface area contributed by atoms with E-state index in [0.29, 0.717) is 5.02 Å². The zero-order chi connectivity index (χ0) is 13.1. The van der Waals surface area contributed by atoms with Crippen molar-refractivity contribution in [2.45, 2.75) is 27.2 Å². The zero-order valence-corrected chi connectivity index (χ0v) is 11.5. The van der Waals surface area contributed by atoms with E-state index in [2.05, 4.69) is 20.4 Å². The van der Waals surface area contributed by atoms with Gasteiger partial charge >= 0.3 is 0 Å². The second-order valence-electron chi connectivity index (χ2n) is 3.92. The summed E-state index contributed by atoms with van der Waals surface area (Å²) in [5, 5.41) is 8.03. The van der Waals surface area contributed by atoms with Crippen molar-refractivity contribution in [3.05, 3.63) is 28.8 Å². The van der Waals surface area contributed by atoms with Gasteiger partial charge in [0.05, 0.1) is 17.4 Å². The van der Waals surface area contributed by atoms with Crippen molar-refractivity contribution in [1.29, 1.82) is 0 Å². The second kappa shape index (κ2) is 5.35. The first-order valence-electron chi connectivity index (χ1n) is 5.97. The molecule has 0 aliphatic heterocycles. The molecule has 6 heteroatoms. The number of aromatic nitrogens is 4. The Labute approximate surface area is 111 Å². The van der Waals surface area contributed by atoms with Crippen LogP contribution in [0.1, 0.15) is 25.2 Å². The lowest BCUT2D eigenvalue weighted by molar-refractivity contribution is 0.803. The van der Waals surface area contributed by atoms with Crippen LogP contribution >= 0.6 is 11.6 Å². The van der Waals surface area contributed by atoms with Gasteiger partial charge in [-0.3, -0.25) is 0 Å². The van der Waals surface area contributed by atoms with Crippen molar-refractivity contribution in [3.63, 3.8) is 0 Å². The number of nitrogens with one attached hydrogen (secondary N) is 1. The molecule has 0 spiro atoms. The maximum atomic E-state index is 5.89. The molecule has 0 aliphatic rings. The third-order valence-electron chi connectivity index (χ3n) is 2.59. The van der Waals surface area contributed by atoms with E-state index in [1.165, 1.54) is 0 Å². The Balaban J connectivity index is 2.54. The van der Waals surface area contributed by atoms with E-state index in [-0.39, 0.29) is 0 Å². The van der Waals surface area contributed by atoms with Crippen LogP contribution in [0.5, 0.6) is 0 Å². The molecule has 0 aliphatic carbocycles. The van der Waals surface area contributed by atoms with Gasteiger partial charge in [-0.15, -0.1) is 0 Å². The van der Waals surface area contributed by atoms with Gasteiger partial charge in [0.1, 0.15) is 11.6 Å². The Bertz CT molecular complexity index is 549. The quantitative estimate of drug-likeness (QED) is 0.923. The standard InChI is InChI=1S/C12H16ClN5/c1-4-10-16-11(14-5-2)8(3)12(17-10)18-7-9(13)6-15-18/h6-7H,4-5H2,1-3H3,(H,14,16,17). The summed E-state index contributed by atoms with van der Waals surface area (Å²) in [6.07, 6.45) is 4.12. The van der Waals surface area contributed by atoms with Crippen LogP contribution in [0.25, 0.3) is 5.82 Å². The first-order valence-corrected chi connectivity index (χ1v) is 6.35. The molecule has 2 aromatic heterocycles. The molecule has 18 heavy (non-hydrogen) atoms. The van der Waals surface area contributed by atoms with Gasteiger partial charge in [-0.1, -0.05) is 18.5 Å². The maximum Gasteiger partial charge on any atom is 0.162 e. The summed E-state index contributed by atoms with van der Waals surface area (Å²) < 4.78 is 1.68. The van der Waals surface area contributed by atoms with Crippen molar-refractivity contribution in [2.75, 3.05) is 11.9 Å². The highest BCUT2D eigenvalue weighted by atomic mass is 35.5. The molecule has 2 rings (SSSR count). The lowest BCUT2D eigenvalue weighted by Crippen LogP contribution is -2.11. The second-order valence-corrected chi connectivity index (χ2v) is 4.36. The van der Waals surface area contributed by atoms with Crippen molar-refractivity contribution < 1.29 is 0 Å². The van der Waals surface area contributed by atoms with Gasteiger partial charge < -0.3 is 5.32 Å². The largest absolute Gasteiger partial charge is 0.370 e. The molecule has 0 amide bonds. The molecule has 1 N–H and O–H groups in total. The molecule has 0 fully saturated rings. The molecule has 0 unspecified atom stereocenters. The van der Waals surface area contributed by atoms with Crippen LogP contribution < -0.4 is 5.32 Å². The summed E-state index contributed by atoms with van der Waals surface area (Å²) in [5.74, 6) is 2.41. The predicted octanol–water partition coefficient (Wildman–Crippen LogP) is 2.62. The van der Waals surface area contributed by atoms with Gasteiger partial charge in [-0.2, -0.15) is 5.10 Å². The summed E-state index contributed by atoms with van der Waals surface area (Å²) in [5.41, 5.74) is 0.966. The van der Waals surface area contributed by atoms with E-state index >= 15 is 0 Å². The normalized spacial score (nSPS) is 10.7. The molecule has 2 heterocycles. The Hall–Kier alpha value is -1.62. The van der Waals surface area contributed by atoms with E-state index in [0.717, 1.165) is 36.0 Å². The maximum absolute atomic E-state index is 5.89. The van der Waals surface area contributed by atoms with Gasteiger partial charge in [-0.05, 0) is 13.8 Å². The number of hydrogen-bond donors (Lipinski definition) is 1. The van der Waals surface area contributed by atoms with Gasteiger partial charge in [0.15, 0.2) is 5.82 Å². The number of anilines is 1. The minimum Gasteiger partial charge on any atom is -0.370 e. The third kappa shape index (κ3) is 2.46. The van der Waals surface area contributed by atoms with Crippen molar-refractivity contribution in [3.8, 4) is 5.82 Å². The minimum atomic E-state index is 0.594. The molecule has 0 aromatic carbocycles. The first-order chi connectivity index (χ1) is 8.65. The van der Waals surface area contributed by atoms with Crippen LogP contribution in [-0.2, 0) is 6.42 Å². The summed E-state index contributed by atoms with van der Waals surface area (Å²) in [6.45, 7) is 6.86. The fourth-order valence-electron chi connectivity index (χ4n) is 1.69. The van der Waals surface area contributed by atoms with Crippen LogP contribution in [0.2, 0.25) is 5.02 Å². The number of rotatable bonds is 4. The van der Waals surface area contributed by atoms with Crippen LogP contribution in [0.15, 0.2) is 12.4 Å². The molecule has 2 aromatic rings. The molecule has 0 saturated heterocycles. The van der Waals surface area contributed by atoms with Crippen molar-refractivity contribution >= 4 is 17.4 Å². The van der Waals surface area contributed by atoms with E-state index in [9.17, 15) is 0 Å². The Morgan fingerprint density at radius 2 is 2.11 bits per heavy atom. The lowest BCUT2D eigenvalue weighted by atomic mass is 10.3. The number of nitrogens with zero attached hydrogens (tertiary/aromatic N) is 4. The Kier molecular flexibility index (Phi) is 3.81. The fraction of sp³-hybridized carbons (Fsp3) is 0.417. The highest BCUT2D eigenvalue weighted by molar-refractivity contribution is 6.30. The first kappa shape index (κ1) is 12.8. The highest BCUT2D eigenvalue weighted by Crippen LogP contribution is 2.20. The van der Waals surface area contributed by atoms with Crippen molar-refractivity contribution in [2.24, 2.45) is 0 Å². The smallest absolute Gasteiger partial charge is 0.162 e. The lowest BCUT2D eigenvalue weighted by Gasteiger charge is -2.12. The van der Waals surface area contributed by atoms with Gasteiger partial charge in [0, 0.05) is 18.5 Å². The van der Waals surface area contributed by atoms with Crippen LogP contribution in [0.3, 0.4) is 0 Å². The SMILES string of the molecule is CCNc1nc(CC)nc(-n2cc(Cl)cn2)c1C. The monoisotopic (exact) mass is 265 g/mol. The molecule has 96 valence electrons. The van der Waals surface area contributed by atoms with E-state index in [1.54, 1.807) is 17.1 Å². The topological polar surface area (TPSA) is 55.6 Å². The van der Waals surface area contributed by atoms with E-state index in [1.807, 2.05) is 20.8 Å². The Morgan fingerprint density at radius 1 is 1.33 bits per heavy atom. The molecular formula is C12H16ClN5. The number of hydrogen-bond acceptors (Lipinski definition) is 4. The Morgan fingerprint density at radius 3 is 2.67 bits per heavy atom. The number of halogens is 1. The predicted molar refractivity (Wildman–Crippen MR) is 72.4 cm³/mol. The summed E-state index contributed by atoms with van der Waals surface area (Å²) in [7, 11) is 0. The average molecular weight is 266 g/mol. The summed E-state index contributed by atoms with van der Waals surface area (Å²) in [6, 6.07) is 0. The number of aryl methyl sites for hydroxylation is 1. The third-order valence-corrected chi connectivity index (χ3v) is 2.79. The van der Waals surface area contributed by atoms with Crippen LogP contribution in [0, 0.1) is 6.92 Å². The van der Waals surface area contributed by atoms with Crippen molar-refractivity contribution in [1.82, 2.24) is 19.7 Å². The molecule has 0 saturated carbocycles. The summed E-state index contributed by atoms with van der Waals surface area (Å²) in [4.78, 5) is 8.99. The molecule has 5 nitrogen and oxygen atoms in total.